The van der Waals surface area contributed by atoms with Crippen LogP contribution in [0, 0.1) is 39.4 Å². The number of rotatable bonds is 11. The van der Waals surface area contributed by atoms with Crippen LogP contribution in [-0.4, -0.2) is 94.4 Å². The normalized spacial score (nSPS) is 29.4. The smallest absolute Gasteiger partial charge is 0.315 e. The molecule has 4 fully saturated rings. The number of likely N-dealkylation sites (tertiary alicyclic amines) is 2. The lowest BCUT2D eigenvalue weighted by atomic mass is 9.80. The molecule has 50 heavy (non-hydrogen) atoms. The van der Waals surface area contributed by atoms with E-state index < -0.39 is 69.4 Å². The van der Waals surface area contributed by atoms with E-state index in [4.69, 9.17) is 0 Å². The molecule has 2 saturated heterocycles. The number of amides is 7. The van der Waals surface area contributed by atoms with Crippen molar-refractivity contribution in [2.45, 2.75) is 132 Å². The van der Waals surface area contributed by atoms with E-state index >= 15 is 0 Å². The molecular formula is C37H60N6O7. The summed E-state index contributed by atoms with van der Waals surface area (Å²) < 4.78 is 0. The van der Waals surface area contributed by atoms with Crippen LogP contribution >= 0.6 is 0 Å². The zero-order chi connectivity index (χ0) is 37.9. The molecule has 0 bridgehead atoms. The SMILES string of the molecule is CCNC(=O)C(=O)C1(NC(=O)[C@@H]2C3C(CN2C(=O)[C@H](NC(=O)N[C@H](CN2C(=O)CC(C)(C)CC2=O)C(C)(C)C)C(C)(C)C)C3(C)C)C[C@@H]1CC. The predicted molar refractivity (Wildman–Crippen MR) is 187 cm³/mol. The van der Waals surface area contributed by atoms with Crippen LogP contribution in [0.1, 0.15) is 109 Å². The third-order valence-electron chi connectivity index (χ3n) is 11.6. The Hall–Kier alpha value is -3.51. The standard InChI is InChI=1S/C37H60N6O7/c1-13-20-15-37(20,28(46)30(48)38-14-2)41-29(47)26-25-21(36(25,11)12)18-43(26)31(49)27(34(6,7)8)40-32(50)39-22(33(3,4)5)19-42-23(44)16-35(9,10)17-24(42)45/h20-22,25-27H,13-19H2,1-12H3,(H,38,48)(H,41,47)(H2,39,40,50)/t20-,21?,22+,25?,26-,27-,37?/m0/s1. The van der Waals surface area contributed by atoms with Gasteiger partial charge in [-0.05, 0) is 52.8 Å². The fourth-order valence-electron chi connectivity index (χ4n) is 8.14. The second-order valence-electron chi connectivity index (χ2n) is 18.6. The van der Waals surface area contributed by atoms with E-state index in [-0.39, 0.29) is 60.9 Å². The van der Waals surface area contributed by atoms with E-state index in [1.54, 1.807) is 6.92 Å². The number of imide groups is 1. The molecule has 2 aliphatic carbocycles. The van der Waals surface area contributed by atoms with Gasteiger partial charge in [0.1, 0.15) is 17.6 Å². The van der Waals surface area contributed by atoms with Gasteiger partial charge in [-0.25, -0.2) is 4.79 Å². The zero-order valence-corrected chi connectivity index (χ0v) is 32.2. The lowest BCUT2D eigenvalue weighted by molar-refractivity contribution is -0.153. The van der Waals surface area contributed by atoms with Crippen LogP contribution in [0.3, 0.4) is 0 Å². The predicted octanol–water partition coefficient (Wildman–Crippen LogP) is 2.76. The number of nitrogens with one attached hydrogen (secondary N) is 4. The molecule has 0 aromatic heterocycles. The van der Waals surface area contributed by atoms with Gasteiger partial charge in [0.05, 0.1) is 6.04 Å². The molecule has 0 aromatic carbocycles. The van der Waals surface area contributed by atoms with Crippen molar-refractivity contribution in [2.75, 3.05) is 19.6 Å². The van der Waals surface area contributed by atoms with Crippen LogP contribution < -0.4 is 21.3 Å². The number of Topliss-reactive ketones (excluding diaryl/α,β-unsaturated/α-hetero) is 1. The summed E-state index contributed by atoms with van der Waals surface area (Å²) in [6.07, 6.45) is 1.42. The summed E-state index contributed by atoms with van der Waals surface area (Å²) in [5.74, 6) is -3.12. The summed E-state index contributed by atoms with van der Waals surface area (Å²) in [5.41, 5.74) is -3.24. The topological polar surface area (TPSA) is 174 Å². The fourth-order valence-corrected chi connectivity index (χ4v) is 8.14. The van der Waals surface area contributed by atoms with E-state index in [9.17, 15) is 33.6 Å². The molecule has 4 rings (SSSR count). The van der Waals surface area contributed by atoms with Crippen LogP contribution in [0.2, 0.25) is 0 Å². The number of piperidine rings is 2. The molecule has 2 aliphatic heterocycles. The molecule has 2 saturated carbocycles. The Morgan fingerprint density at radius 3 is 1.94 bits per heavy atom. The minimum absolute atomic E-state index is 0.00110. The Morgan fingerprint density at radius 2 is 1.46 bits per heavy atom. The summed E-state index contributed by atoms with van der Waals surface area (Å²) in [6, 6.07) is -3.16. The van der Waals surface area contributed by atoms with Crippen molar-refractivity contribution in [1.29, 1.82) is 0 Å². The van der Waals surface area contributed by atoms with Gasteiger partial charge in [0.15, 0.2) is 0 Å². The third-order valence-corrected chi connectivity index (χ3v) is 11.6. The molecule has 7 amide bonds. The highest BCUT2D eigenvalue weighted by Gasteiger charge is 2.71. The van der Waals surface area contributed by atoms with Crippen LogP contribution in [0.5, 0.6) is 0 Å². The van der Waals surface area contributed by atoms with Crippen molar-refractivity contribution in [3.05, 3.63) is 0 Å². The lowest BCUT2D eigenvalue weighted by Gasteiger charge is -2.41. The Bertz CT molecular complexity index is 1420. The van der Waals surface area contributed by atoms with Crippen LogP contribution in [0.15, 0.2) is 0 Å². The van der Waals surface area contributed by atoms with Crippen molar-refractivity contribution >= 4 is 41.4 Å². The first-order valence-corrected chi connectivity index (χ1v) is 18.2. The van der Waals surface area contributed by atoms with E-state index in [2.05, 4.69) is 35.1 Å². The molecule has 3 unspecified atom stereocenters. The van der Waals surface area contributed by atoms with E-state index in [1.165, 1.54) is 9.80 Å². The van der Waals surface area contributed by atoms with Crippen LogP contribution in [0.25, 0.3) is 0 Å². The lowest BCUT2D eigenvalue weighted by Crippen LogP contribution is -2.63. The number of hydrogen-bond acceptors (Lipinski definition) is 7. The Kier molecular flexibility index (Phi) is 10.4. The van der Waals surface area contributed by atoms with Gasteiger partial charge in [0, 0.05) is 32.5 Å². The molecule has 0 spiro atoms. The highest BCUT2D eigenvalue weighted by molar-refractivity contribution is 6.41. The number of urea groups is 1. The number of likely N-dealkylation sites (N-methyl/N-ethyl adjacent to an activating group) is 1. The van der Waals surface area contributed by atoms with Gasteiger partial charge in [-0.2, -0.15) is 0 Å². The van der Waals surface area contributed by atoms with Crippen molar-refractivity contribution in [3.63, 3.8) is 0 Å². The molecule has 2 heterocycles. The Labute approximate surface area is 297 Å². The minimum atomic E-state index is -1.30. The van der Waals surface area contributed by atoms with Gasteiger partial charge in [-0.3, -0.25) is 33.7 Å². The molecular weight excluding hydrogens is 640 g/mol. The Balaban J connectivity index is 1.54. The van der Waals surface area contributed by atoms with Crippen molar-refractivity contribution < 1.29 is 33.6 Å². The van der Waals surface area contributed by atoms with Gasteiger partial charge in [0.2, 0.25) is 29.4 Å². The summed E-state index contributed by atoms with van der Waals surface area (Å²) in [4.78, 5) is 96.9. The number of nitrogens with zero attached hydrogens (tertiary/aromatic N) is 2. The monoisotopic (exact) mass is 700 g/mol. The highest BCUT2D eigenvalue weighted by atomic mass is 16.2. The minimum Gasteiger partial charge on any atom is -0.350 e. The fraction of sp³-hybridized carbons (Fsp3) is 0.811. The number of carbonyl (C=O) groups is 7. The van der Waals surface area contributed by atoms with Gasteiger partial charge in [-0.1, -0.05) is 82.6 Å². The highest BCUT2D eigenvalue weighted by Crippen LogP contribution is 2.65. The molecule has 4 N–H and O–H groups in total. The van der Waals surface area contributed by atoms with Crippen LogP contribution in [-0.2, 0) is 28.8 Å². The summed E-state index contributed by atoms with van der Waals surface area (Å²) in [7, 11) is 0. The summed E-state index contributed by atoms with van der Waals surface area (Å²) in [6.45, 7) is 23.3. The first kappa shape index (κ1) is 39.3. The largest absolute Gasteiger partial charge is 0.350 e. The average molecular weight is 701 g/mol. The first-order valence-electron chi connectivity index (χ1n) is 18.2. The van der Waals surface area contributed by atoms with E-state index in [0.29, 0.717) is 19.4 Å². The number of hydrogen-bond donors (Lipinski definition) is 4. The molecule has 13 heteroatoms. The number of carbonyl (C=O) groups excluding carboxylic acids is 7. The quantitative estimate of drug-likeness (QED) is 0.189. The maximum absolute atomic E-state index is 14.5. The van der Waals surface area contributed by atoms with Crippen molar-refractivity contribution in [2.24, 2.45) is 39.4 Å². The summed E-state index contributed by atoms with van der Waals surface area (Å²) >= 11 is 0. The number of ketones is 1. The third kappa shape index (κ3) is 7.56. The van der Waals surface area contributed by atoms with Gasteiger partial charge in [-0.15, -0.1) is 0 Å². The van der Waals surface area contributed by atoms with Crippen molar-refractivity contribution in [3.8, 4) is 0 Å². The first-order chi connectivity index (χ1) is 22.8. The van der Waals surface area contributed by atoms with Crippen LogP contribution in [0.4, 0.5) is 4.79 Å². The van der Waals surface area contributed by atoms with Gasteiger partial charge in [0.25, 0.3) is 5.91 Å². The van der Waals surface area contributed by atoms with Gasteiger partial charge >= 0.3 is 6.03 Å². The molecule has 0 radical (unpaired) electrons. The maximum atomic E-state index is 14.5. The average Bonchev–Trinajstić information content (AvgIpc) is 3.72. The molecule has 13 nitrogen and oxygen atoms in total. The molecule has 7 atom stereocenters. The zero-order valence-electron chi connectivity index (χ0n) is 32.2. The second-order valence-corrected chi connectivity index (χ2v) is 18.6. The van der Waals surface area contributed by atoms with E-state index in [1.807, 2.05) is 62.3 Å². The molecule has 4 aliphatic rings. The van der Waals surface area contributed by atoms with E-state index in [0.717, 1.165) is 0 Å². The number of fused-ring (bicyclic) bond motifs is 1. The van der Waals surface area contributed by atoms with Crippen molar-refractivity contribution in [1.82, 2.24) is 31.1 Å². The maximum Gasteiger partial charge on any atom is 0.315 e. The Morgan fingerprint density at radius 1 is 0.880 bits per heavy atom. The molecule has 280 valence electrons. The molecule has 0 aromatic rings. The van der Waals surface area contributed by atoms with Gasteiger partial charge < -0.3 is 26.2 Å². The summed E-state index contributed by atoms with van der Waals surface area (Å²) in [5, 5.41) is 11.3. The second kappa shape index (κ2) is 13.2.